The molecule has 30 heavy (non-hydrogen) atoms. The number of hydrogen-bond donors (Lipinski definition) is 0. The second-order valence-corrected chi connectivity index (χ2v) is 9.71. The van der Waals surface area contributed by atoms with Crippen molar-refractivity contribution in [3.63, 3.8) is 0 Å². The molecule has 1 unspecified atom stereocenters. The van der Waals surface area contributed by atoms with Crippen LogP contribution in [0.25, 0.3) is 11.4 Å². The molecule has 0 radical (unpaired) electrons. The largest absolute Gasteiger partial charge is 0.339 e. The summed E-state index contributed by atoms with van der Waals surface area (Å²) in [6.07, 6.45) is 2.15. The van der Waals surface area contributed by atoms with E-state index >= 15 is 0 Å². The van der Waals surface area contributed by atoms with Gasteiger partial charge in [0.05, 0.1) is 5.75 Å². The highest BCUT2D eigenvalue weighted by Crippen LogP contribution is 2.26. The Morgan fingerprint density at radius 1 is 1.17 bits per heavy atom. The van der Waals surface area contributed by atoms with Gasteiger partial charge in [0, 0.05) is 30.6 Å². The minimum Gasteiger partial charge on any atom is -0.339 e. The lowest BCUT2D eigenvalue weighted by molar-refractivity contribution is 0.246. The summed E-state index contributed by atoms with van der Waals surface area (Å²) in [7, 11) is -3.60. The van der Waals surface area contributed by atoms with Gasteiger partial charge in [-0.25, -0.2) is 17.1 Å². The lowest BCUT2D eigenvalue weighted by Gasteiger charge is -2.31. The van der Waals surface area contributed by atoms with Gasteiger partial charge in [-0.05, 0) is 37.3 Å². The van der Waals surface area contributed by atoms with Crippen molar-refractivity contribution in [1.29, 1.82) is 0 Å². The summed E-state index contributed by atoms with van der Waals surface area (Å²) >= 11 is 0. The van der Waals surface area contributed by atoms with Crippen molar-refractivity contribution in [3.8, 4) is 11.4 Å². The van der Waals surface area contributed by atoms with Crippen LogP contribution in [-0.4, -0.2) is 36.0 Å². The fraction of sp³-hybridized carbons (Fsp3) is 0.364. The lowest BCUT2D eigenvalue weighted by atomic mass is 9.96. The van der Waals surface area contributed by atoms with Gasteiger partial charge in [-0.15, -0.1) is 0 Å². The predicted molar refractivity (Wildman–Crippen MR) is 111 cm³/mol. The summed E-state index contributed by atoms with van der Waals surface area (Å²) in [5, 5.41) is 4.09. The maximum atomic E-state index is 13.9. The monoisotopic (exact) mass is 429 g/mol. The Labute approximate surface area is 175 Å². The van der Waals surface area contributed by atoms with Crippen LogP contribution in [0.3, 0.4) is 0 Å². The van der Waals surface area contributed by atoms with E-state index in [2.05, 4.69) is 10.1 Å². The number of aryl methyl sites for hydroxylation is 1. The van der Waals surface area contributed by atoms with Gasteiger partial charge in [0.25, 0.3) is 0 Å². The van der Waals surface area contributed by atoms with Crippen LogP contribution < -0.4 is 0 Å². The molecule has 3 aromatic rings. The molecule has 8 heteroatoms. The molecule has 0 saturated carbocycles. The van der Waals surface area contributed by atoms with E-state index in [1.165, 1.54) is 16.4 Å². The third-order valence-corrected chi connectivity index (χ3v) is 7.28. The quantitative estimate of drug-likeness (QED) is 0.593. The first-order valence-electron chi connectivity index (χ1n) is 10.0. The smallest absolute Gasteiger partial charge is 0.227 e. The van der Waals surface area contributed by atoms with E-state index in [1.807, 2.05) is 31.2 Å². The van der Waals surface area contributed by atoms with E-state index in [0.717, 1.165) is 24.0 Å². The van der Waals surface area contributed by atoms with Crippen molar-refractivity contribution < 1.29 is 17.3 Å². The molecular formula is C22H24FN3O3S. The minimum atomic E-state index is -3.60. The van der Waals surface area contributed by atoms with E-state index in [9.17, 15) is 12.8 Å². The highest BCUT2D eigenvalue weighted by Gasteiger charge is 2.30. The molecule has 4 rings (SSSR count). The molecule has 0 amide bonds. The number of benzene rings is 2. The Kier molecular flexibility index (Phi) is 5.97. The molecule has 1 aromatic heterocycles. The highest BCUT2D eigenvalue weighted by molar-refractivity contribution is 7.88. The lowest BCUT2D eigenvalue weighted by Crippen LogP contribution is -2.41. The molecule has 2 aromatic carbocycles. The Morgan fingerprint density at radius 3 is 2.73 bits per heavy atom. The molecular weight excluding hydrogens is 405 g/mol. The molecule has 1 fully saturated rings. The molecule has 0 bridgehead atoms. The van der Waals surface area contributed by atoms with Gasteiger partial charge >= 0.3 is 0 Å². The molecule has 1 atom stereocenters. The van der Waals surface area contributed by atoms with Crippen molar-refractivity contribution in [2.45, 2.75) is 31.9 Å². The summed E-state index contributed by atoms with van der Waals surface area (Å²) in [5.41, 5.74) is 2.18. The Bertz CT molecular complexity index is 1130. The van der Waals surface area contributed by atoms with Crippen LogP contribution in [0.4, 0.5) is 4.39 Å². The number of piperidine rings is 1. The van der Waals surface area contributed by atoms with Crippen LogP contribution in [0.15, 0.2) is 53.1 Å². The fourth-order valence-electron chi connectivity index (χ4n) is 3.87. The average Bonchev–Trinajstić information content (AvgIpc) is 3.18. The molecule has 0 N–H and O–H groups in total. The zero-order valence-corrected chi connectivity index (χ0v) is 17.6. The summed E-state index contributed by atoms with van der Waals surface area (Å²) in [5.74, 6) is 0.308. The topological polar surface area (TPSA) is 76.3 Å². The van der Waals surface area contributed by atoms with Gasteiger partial charge in [-0.2, -0.15) is 4.98 Å². The van der Waals surface area contributed by atoms with Crippen LogP contribution in [0.1, 0.15) is 29.9 Å². The fourth-order valence-corrected chi connectivity index (χ4v) is 5.52. The van der Waals surface area contributed by atoms with E-state index in [0.29, 0.717) is 31.2 Å². The number of hydrogen-bond acceptors (Lipinski definition) is 5. The third-order valence-electron chi connectivity index (χ3n) is 5.49. The van der Waals surface area contributed by atoms with Crippen molar-refractivity contribution in [1.82, 2.24) is 14.4 Å². The standard InChI is InChI=1S/C22H24FN3O3S/c1-16-7-2-4-10-19(16)22-24-21(29-25-22)13-17-8-6-12-26(14-17)30(27,28)15-18-9-3-5-11-20(18)23/h2-5,7,9-11,17H,6,8,12-15H2,1H3. The van der Waals surface area contributed by atoms with Gasteiger partial charge in [-0.3, -0.25) is 0 Å². The van der Waals surface area contributed by atoms with Gasteiger partial charge in [0.2, 0.25) is 21.7 Å². The summed E-state index contributed by atoms with van der Waals surface area (Å²) in [6, 6.07) is 13.8. The van der Waals surface area contributed by atoms with Gasteiger partial charge in [0.1, 0.15) is 5.82 Å². The normalized spacial score (nSPS) is 17.9. The predicted octanol–water partition coefficient (Wildman–Crippen LogP) is 3.97. The molecule has 1 aliphatic rings. The van der Waals surface area contributed by atoms with Gasteiger partial charge in [0.15, 0.2) is 0 Å². The first-order chi connectivity index (χ1) is 14.4. The Hall–Kier alpha value is -2.58. The Morgan fingerprint density at radius 2 is 1.93 bits per heavy atom. The zero-order valence-electron chi connectivity index (χ0n) is 16.8. The van der Waals surface area contributed by atoms with Crippen LogP contribution in [0.2, 0.25) is 0 Å². The van der Waals surface area contributed by atoms with E-state index < -0.39 is 15.8 Å². The number of nitrogens with zero attached hydrogens (tertiary/aromatic N) is 3. The molecule has 0 spiro atoms. The van der Waals surface area contributed by atoms with Crippen LogP contribution in [-0.2, 0) is 22.2 Å². The number of aromatic nitrogens is 2. The number of sulfonamides is 1. The van der Waals surface area contributed by atoms with Crippen molar-refractivity contribution in [2.75, 3.05) is 13.1 Å². The van der Waals surface area contributed by atoms with E-state index in [-0.39, 0.29) is 17.2 Å². The van der Waals surface area contributed by atoms with Crippen LogP contribution >= 0.6 is 0 Å². The number of rotatable bonds is 6. The van der Waals surface area contributed by atoms with E-state index in [4.69, 9.17) is 4.52 Å². The maximum absolute atomic E-state index is 13.9. The average molecular weight is 430 g/mol. The molecule has 6 nitrogen and oxygen atoms in total. The zero-order chi connectivity index (χ0) is 21.1. The first kappa shape index (κ1) is 20.7. The first-order valence-corrected chi connectivity index (χ1v) is 11.6. The minimum absolute atomic E-state index is 0.0827. The van der Waals surface area contributed by atoms with Crippen molar-refractivity contribution in [2.24, 2.45) is 5.92 Å². The second-order valence-electron chi connectivity index (χ2n) is 7.74. The number of halogens is 1. The van der Waals surface area contributed by atoms with Crippen LogP contribution in [0.5, 0.6) is 0 Å². The summed E-state index contributed by atoms with van der Waals surface area (Å²) in [6.45, 7) is 2.81. The van der Waals surface area contributed by atoms with Gasteiger partial charge < -0.3 is 4.52 Å². The summed E-state index contributed by atoms with van der Waals surface area (Å²) in [4.78, 5) is 4.51. The summed E-state index contributed by atoms with van der Waals surface area (Å²) < 4.78 is 46.5. The van der Waals surface area contributed by atoms with E-state index in [1.54, 1.807) is 12.1 Å². The highest BCUT2D eigenvalue weighted by atomic mass is 32.2. The molecule has 1 saturated heterocycles. The SMILES string of the molecule is Cc1ccccc1-c1noc(CC2CCCN(S(=O)(=O)Cc3ccccc3F)C2)n1. The third kappa shape index (κ3) is 4.60. The van der Waals surface area contributed by atoms with Gasteiger partial charge in [-0.1, -0.05) is 47.6 Å². The van der Waals surface area contributed by atoms with Crippen molar-refractivity contribution >= 4 is 10.0 Å². The Balaban J connectivity index is 1.43. The van der Waals surface area contributed by atoms with Crippen LogP contribution in [0, 0.1) is 18.7 Å². The molecule has 1 aliphatic heterocycles. The molecule has 158 valence electrons. The maximum Gasteiger partial charge on any atom is 0.227 e. The second kappa shape index (κ2) is 8.65. The molecule has 0 aliphatic carbocycles. The molecule has 2 heterocycles. The van der Waals surface area contributed by atoms with Crippen molar-refractivity contribution in [3.05, 3.63) is 71.4 Å².